The van der Waals surface area contributed by atoms with Crippen LogP contribution in [0.1, 0.15) is 31.0 Å². The highest BCUT2D eigenvalue weighted by Crippen LogP contribution is 2.21. The van der Waals surface area contributed by atoms with E-state index in [-0.39, 0.29) is 5.91 Å². The van der Waals surface area contributed by atoms with Gasteiger partial charge in [-0.1, -0.05) is 17.7 Å². The number of amides is 1. The smallest absolute Gasteiger partial charge is 0.240 e. The second kappa shape index (κ2) is 9.03. The Morgan fingerprint density at radius 1 is 1.33 bits per heavy atom. The average Bonchev–Trinajstić information content (AvgIpc) is 2.59. The lowest BCUT2D eigenvalue weighted by Crippen LogP contribution is -2.20. The van der Waals surface area contributed by atoms with Crippen LogP contribution in [0.25, 0.3) is 0 Å². The Morgan fingerprint density at radius 2 is 2.17 bits per heavy atom. The summed E-state index contributed by atoms with van der Waals surface area (Å²) in [7, 11) is 0. The molecule has 6 heteroatoms. The van der Waals surface area contributed by atoms with E-state index in [4.69, 9.17) is 16.3 Å². The quantitative estimate of drug-likeness (QED) is 0.472. The van der Waals surface area contributed by atoms with Crippen LogP contribution in [-0.4, -0.2) is 23.2 Å². The number of hydrogen-bond acceptors (Lipinski definition) is 4. The molecular formula is C18H20ClN3O2. The Labute approximate surface area is 146 Å². The zero-order chi connectivity index (χ0) is 17.4. The van der Waals surface area contributed by atoms with Gasteiger partial charge in [-0.3, -0.25) is 9.78 Å². The summed E-state index contributed by atoms with van der Waals surface area (Å²) in [5, 5.41) is 4.74. The van der Waals surface area contributed by atoms with Crippen LogP contribution in [0.5, 0.6) is 5.75 Å². The van der Waals surface area contributed by atoms with Gasteiger partial charge in [-0.25, -0.2) is 5.43 Å². The minimum Gasteiger partial charge on any atom is -0.493 e. The highest BCUT2D eigenvalue weighted by Gasteiger charge is 2.04. The molecule has 0 unspecified atom stereocenters. The Hall–Kier alpha value is -2.40. The summed E-state index contributed by atoms with van der Waals surface area (Å²) < 4.78 is 5.65. The topological polar surface area (TPSA) is 63.6 Å². The van der Waals surface area contributed by atoms with Crippen molar-refractivity contribution < 1.29 is 9.53 Å². The number of carbonyl (C=O) groups is 1. The monoisotopic (exact) mass is 345 g/mol. The second-order valence-electron chi connectivity index (χ2n) is 5.31. The van der Waals surface area contributed by atoms with Crippen molar-refractivity contribution in [2.45, 2.75) is 26.7 Å². The molecule has 0 aliphatic rings. The van der Waals surface area contributed by atoms with E-state index in [2.05, 4.69) is 15.5 Å². The normalized spacial score (nSPS) is 11.2. The fourth-order valence-corrected chi connectivity index (χ4v) is 2.25. The van der Waals surface area contributed by atoms with Crippen LogP contribution in [0.3, 0.4) is 0 Å². The molecule has 0 fully saturated rings. The largest absolute Gasteiger partial charge is 0.493 e. The number of hydrazone groups is 1. The number of ether oxygens (including phenoxy) is 1. The summed E-state index contributed by atoms with van der Waals surface area (Å²) >= 11 is 5.90. The van der Waals surface area contributed by atoms with Crippen LogP contribution in [0.15, 0.2) is 47.7 Å². The van der Waals surface area contributed by atoms with Crippen molar-refractivity contribution in [3.8, 4) is 5.75 Å². The second-order valence-corrected chi connectivity index (χ2v) is 5.75. The number of benzene rings is 1. The molecule has 5 nitrogen and oxygen atoms in total. The Kier molecular flexibility index (Phi) is 6.75. The fraction of sp³-hybridized carbons (Fsp3) is 0.278. The SMILES string of the molecule is C/C(=N/NC(=O)CCCOc1ccc(Cl)cc1C)c1ccccn1. The molecule has 2 rings (SSSR count). The van der Waals surface area contributed by atoms with Gasteiger partial charge < -0.3 is 4.74 Å². The van der Waals surface area contributed by atoms with Crippen LogP contribution in [0, 0.1) is 6.92 Å². The number of aromatic nitrogens is 1. The minimum atomic E-state index is -0.151. The zero-order valence-electron chi connectivity index (χ0n) is 13.8. The summed E-state index contributed by atoms with van der Waals surface area (Å²) in [4.78, 5) is 16.0. The zero-order valence-corrected chi connectivity index (χ0v) is 14.5. The average molecular weight is 346 g/mol. The molecule has 0 aliphatic heterocycles. The first-order valence-electron chi connectivity index (χ1n) is 7.70. The number of rotatable bonds is 7. The van der Waals surface area contributed by atoms with E-state index in [9.17, 15) is 4.79 Å². The standard InChI is InChI=1S/C18H20ClN3O2/c1-13-12-15(19)8-9-17(13)24-11-5-7-18(23)22-21-14(2)16-6-3-4-10-20-16/h3-4,6,8-10,12H,5,7,11H2,1-2H3,(H,22,23)/b21-14-. The molecule has 1 aromatic heterocycles. The Balaban J connectivity index is 1.72. The van der Waals surface area contributed by atoms with Gasteiger partial charge in [0.05, 0.1) is 18.0 Å². The molecule has 0 saturated heterocycles. The van der Waals surface area contributed by atoms with Crippen molar-refractivity contribution in [2.75, 3.05) is 6.61 Å². The van der Waals surface area contributed by atoms with Crippen LogP contribution in [-0.2, 0) is 4.79 Å². The molecule has 24 heavy (non-hydrogen) atoms. The molecule has 1 N–H and O–H groups in total. The Bertz CT molecular complexity index is 717. The van der Waals surface area contributed by atoms with Crippen molar-refractivity contribution in [1.29, 1.82) is 0 Å². The van der Waals surface area contributed by atoms with Crippen molar-refractivity contribution in [2.24, 2.45) is 5.10 Å². The van der Waals surface area contributed by atoms with Gasteiger partial charge in [0.2, 0.25) is 5.91 Å². The van der Waals surface area contributed by atoms with Crippen molar-refractivity contribution in [3.63, 3.8) is 0 Å². The maximum Gasteiger partial charge on any atom is 0.240 e. The molecule has 1 amide bonds. The molecular weight excluding hydrogens is 326 g/mol. The van der Waals surface area contributed by atoms with Crippen LogP contribution in [0.2, 0.25) is 5.02 Å². The van der Waals surface area contributed by atoms with Crippen molar-refractivity contribution >= 4 is 23.2 Å². The molecule has 0 aliphatic carbocycles. The highest BCUT2D eigenvalue weighted by atomic mass is 35.5. The molecule has 0 spiro atoms. The summed E-state index contributed by atoms with van der Waals surface area (Å²) in [6, 6.07) is 11.0. The third-order valence-electron chi connectivity index (χ3n) is 3.33. The number of nitrogens with one attached hydrogen (secondary N) is 1. The molecule has 0 atom stereocenters. The number of nitrogens with zero attached hydrogens (tertiary/aromatic N) is 2. The maximum atomic E-state index is 11.8. The first kappa shape index (κ1) is 17.9. The first-order valence-corrected chi connectivity index (χ1v) is 8.07. The van der Waals surface area contributed by atoms with E-state index in [1.807, 2.05) is 37.3 Å². The molecule has 1 heterocycles. The number of pyridine rings is 1. The lowest BCUT2D eigenvalue weighted by molar-refractivity contribution is -0.121. The Morgan fingerprint density at radius 3 is 2.88 bits per heavy atom. The minimum absolute atomic E-state index is 0.151. The maximum absolute atomic E-state index is 11.8. The fourth-order valence-electron chi connectivity index (χ4n) is 2.03. The number of hydrogen-bond donors (Lipinski definition) is 1. The van der Waals surface area contributed by atoms with E-state index in [1.165, 1.54) is 0 Å². The van der Waals surface area contributed by atoms with E-state index >= 15 is 0 Å². The molecule has 0 saturated carbocycles. The number of carbonyl (C=O) groups excluding carboxylic acids is 1. The van der Waals surface area contributed by atoms with Gasteiger partial charge >= 0.3 is 0 Å². The van der Waals surface area contributed by atoms with Crippen LogP contribution in [0.4, 0.5) is 0 Å². The number of halogens is 1. The van der Waals surface area contributed by atoms with Gasteiger partial charge in [0, 0.05) is 17.6 Å². The first-order chi connectivity index (χ1) is 11.6. The van der Waals surface area contributed by atoms with E-state index in [0.29, 0.717) is 30.2 Å². The molecule has 2 aromatic rings. The number of aryl methyl sites for hydroxylation is 1. The molecule has 0 radical (unpaired) electrons. The molecule has 0 bridgehead atoms. The lowest BCUT2D eigenvalue weighted by Gasteiger charge is -2.09. The van der Waals surface area contributed by atoms with Crippen LogP contribution < -0.4 is 10.2 Å². The van der Waals surface area contributed by atoms with Gasteiger partial charge in [-0.15, -0.1) is 0 Å². The van der Waals surface area contributed by atoms with Gasteiger partial charge in [0.25, 0.3) is 0 Å². The molecule has 126 valence electrons. The van der Waals surface area contributed by atoms with E-state index in [1.54, 1.807) is 19.2 Å². The summed E-state index contributed by atoms with van der Waals surface area (Å²) in [6.45, 7) is 4.19. The lowest BCUT2D eigenvalue weighted by atomic mass is 10.2. The van der Waals surface area contributed by atoms with Crippen molar-refractivity contribution in [3.05, 3.63) is 58.9 Å². The molecule has 1 aromatic carbocycles. The summed E-state index contributed by atoms with van der Waals surface area (Å²) in [6.07, 6.45) is 2.63. The third kappa shape index (κ3) is 5.66. The predicted octanol–water partition coefficient (Wildman–Crippen LogP) is 3.74. The highest BCUT2D eigenvalue weighted by molar-refractivity contribution is 6.30. The van der Waals surface area contributed by atoms with Crippen LogP contribution >= 0.6 is 11.6 Å². The van der Waals surface area contributed by atoms with Gasteiger partial charge in [-0.05, 0) is 56.2 Å². The van der Waals surface area contributed by atoms with E-state index < -0.39 is 0 Å². The van der Waals surface area contributed by atoms with Gasteiger partial charge in [-0.2, -0.15) is 5.10 Å². The summed E-state index contributed by atoms with van der Waals surface area (Å²) in [5.74, 6) is 0.630. The van der Waals surface area contributed by atoms with Gasteiger partial charge in [0.15, 0.2) is 0 Å². The van der Waals surface area contributed by atoms with Crippen molar-refractivity contribution in [1.82, 2.24) is 10.4 Å². The predicted molar refractivity (Wildman–Crippen MR) is 95.5 cm³/mol. The summed E-state index contributed by atoms with van der Waals surface area (Å²) in [5.41, 5.74) is 4.91. The van der Waals surface area contributed by atoms with E-state index in [0.717, 1.165) is 17.0 Å². The third-order valence-corrected chi connectivity index (χ3v) is 3.56. The van der Waals surface area contributed by atoms with Gasteiger partial charge in [0.1, 0.15) is 5.75 Å².